The molecule has 8 heteroatoms. The average molecular weight is 494 g/mol. The molecule has 0 unspecified atom stereocenters. The highest BCUT2D eigenvalue weighted by Gasteiger charge is 2.36. The van der Waals surface area contributed by atoms with E-state index in [1.807, 2.05) is 6.92 Å². The van der Waals surface area contributed by atoms with Crippen molar-refractivity contribution in [3.05, 3.63) is 101 Å². The standard InChI is InChI=1S/C29H23N3O5/c1-16(2)37-29(36)19-10-13-24-23(15-19)25(14-17(3)30-24)31-26(33)18-8-11-20(12-9-18)32-27(34)21-6-4-5-7-22(21)28(32)35/h4-16H,1-3H3,(H,30,31,33). The second-order valence-corrected chi connectivity index (χ2v) is 8.99. The fourth-order valence-corrected chi connectivity index (χ4v) is 4.25. The van der Waals surface area contributed by atoms with E-state index in [0.717, 1.165) is 4.90 Å². The molecule has 0 bridgehead atoms. The maximum absolute atomic E-state index is 13.1. The van der Waals surface area contributed by atoms with Crippen LogP contribution in [0.1, 0.15) is 61.0 Å². The fourth-order valence-electron chi connectivity index (χ4n) is 4.25. The van der Waals surface area contributed by atoms with Crippen LogP contribution in [0, 0.1) is 6.92 Å². The Hall–Kier alpha value is -4.85. The Morgan fingerprint density at radius 2 is 1.49 bits per heavy atom. The molecule has 5 rings (SSSR count). The zero-order chi connectivity index (χ0) is 26.3. The Labute approximate surface area is 212 Å². The first-order valence-electron chi connectivity index (χ1n) is 11.7. The quantitative estimate of drug-likeness (QED) is 0.304. The van der Waals surface area contributed by atoms with Crippen molar-refractivity contribution in [1.29, 1.82) is 0 Å². The third-order valence-electron chi connectivity index (χ3n) is 5.95. The Morgan fingerprint density at radius 1 is 0.865 bits per heavy atom. The molecule has 37 heavy (non-hydrogen) atoms. The van der Waals surface area contributed by atoms with Gasteiger partial charge in [0.25, 0.3) is 17.7 Å². The molecule has 3 amide bonds. The highest BCUT2D eigenvalue weighted by molar-refractivity contribution is 6.34. The summed E-state index contributed by atoms with van der Waals surface area (Å²) in [7, 11) is 0. The third kappa shape index (κ3) is 4.45. The summed E-state index contributed by atoms with van der Waals surface area (Å²) in [6, 6.07) is 19.6. The smallest absolute Gasteiger partial charge is 0.338 e. The van der Waals surface area contributed by atoms with Gasteiger partial charge in [-0.2, -0.15) is 0 Å². The fraction of sp³-hybridized carbons (Fsp3) is 0.138. The van der Waals surface area contributed by atoms with Gasteiger partial charge in [-0.1, -0.05) is 12.1 Å². The molecule has 0 saturated carbocycles. The number of esters is 1. The topological polar surface area (TPSA) is 106 Å². The van der Waals surface area contributed by atoms with Crippen LogP contribution < -0.4 is 10.2 Å². The highest BCUT2D eigenvalue weighted by Crippen LogP contribution is 2.29. The Morgan fingerprint density at radius 3 is 2.11 bits per heavy atom. The first-order chi connectivity index (χ1) is 17.7. The van der Waals surface area contributed by atoms with Crippen LogP contribution in [0.15, 0.2) is 72.8 Å². The van der Waals surface area contributed by atoms with Crippen LogP contribution in [-0.4, -0.2) is 34.8 Å². The summed E-state index contributed by atoms with van der Waals surface area (Å²) >= 11 is 0. The van der Waals surface area contributed by atoms with Crippen molar-refractivity contribution in [2.24, 2.45) is 0 Å². The van der Waals surface area contributed by atoms with Crippen molar-refractivity contribution in [2.45, 2.75) is 26.9 Å². The van der Waals surface area contributed by atoms with E-state index in [0.29, 0.717) is 50.2 Å². The van der Waals surface area contributed by atoms with Gasteiger partial charge in [-0.3, -0.25) is 19.4 Å². The van der Waals surface area contributed by atoms with Gasteiger partial charge in [0.05, 0.1) is 39.7 Å². The normalized spacial score (nSPS) is 12.7. The van der Waals surface area contributed by atoms with Crippen molar-refractivity contribution >= 4 is 46.0 Å². The molecule has 8 nitrogen and oxygen atoms in total. The first kappa shape index (κ1) is 23.9. The molecule has 0 aliphatic carbocycles. The largest absolute Gasteiger partial charge is 0.459 e. The van der Waals surface area contributed by atoms with E-state index in [9.17, 15) is 19.2 Å². The number of aryl methyl sites for hydroxylation is 1. The number of benzene rings is 3. The number of pyridine rings is 1. The molecule has 0 saturated heterocycles. The van der Waals surface area contributed by atoms with Gasteiger partial charge in [0.2, 0.25) is 0 Å². The number of ether oxygens (including phenoxy) is 1. The van der Waals surface area contributed by atoms with Gasteiger partial charge < -0.3 is 10.1 Å². The van der Waals surface area contributed by atoms with Gasteiger partial charge in [-0.15, -0.1) is 0 Å². The number of imide groups is 1. The number of anilines is 2. The zero-order valence-corrected chi connectivity index (χ0v) is 20.4. The molecule has 4 aromatic rings. The minimum atomic E-state index is -0.460. The molecule has 0 radical (unpaired) electrons. The molecular weight excluding hydrogens is 470 g/mol. The van der Waals surface area contributed by atoms with Crippen LogP contribution in [0.25, 0.3) is 10.9 Å². The van der Waals surface area contributed by atoms with Crippen LogP contribution in [0.5, 0.6) is 0 Å². The van der Waals surface area contributed by atoms with Crippen LogP contribution in [0.3, 0.4) is 0 Å². The molecule has 2 heterocycles. The second-order valence-electron chi connectivity index (χ2n) is 8.99. The SMILES string of the molecule is Cc1cc(NC(=O)c2ccc(N3C(=O)c4ccccc4C3=O)cc2)c2cc(C(=O)OC(C)C)ccc2n1. The summed E-state index contributed by atoms with van der Waals surface area (Å²) in [6.45, 7) is 5.36. The van der Waals surface area contributed by atoms with Gasteiger partial charge >= 0.3 is 5.97 Å². The molecule has 1 N–H and O–H groups in total. The van der Waals surface area contributed by atoms with Crippen LogP contribution >= 0.6 is 0 Å². The first-order valence-corrected chi connectivity index (χ1v) is 11.7. The van der Waals surface area contributed by atoms with Crippen LogP contribution in [0.2, 0.25) is 0 Å². The van der Waals surface area contributed by atoms with E-state index in [1.165, 1.54) is 0 Å². The van der Waals surface area contributed by atoms with Crippen molar-refractivity contribution in [1.82, 2.24) is 4.98 Å². The molecule has 3 aromatic carbocycles. The van der Waals surface area contributed by atoms with Crippen molar-refractivity contribution in [2.75, 3.05) is 10.2 Å². The van der Waals surface area contributed by atoms with E-state index in [4.69, 9.17) is 4.74 Å². The number of hydrogen-bond acceptors (Lipinski definition) is 6. The summed E-state index contributed by atoms with van der Waals surface area (Å²) in [5.41, 5.74) is 3.58. The minimum absolute atomic E-state index is 0.262. The number of fused-ring (bicyclic) bond motifs is 2. The molecule has 1 aromatic heterocycles. The molecule has 1 aliphatic heterocycles. The van der Waals surface area contributed by atoms with E-state index in [1.54, 1.807) is 86.6 Å². The lowest BCUT2D eigenvalue weighted by atomic mass is 10.1. The van der Waals surface area contributed by atoms with E-state index < -0.39 is 23.7 Å². The monoisotopic (exact) mass is 493 g/mol. The molecule has 0 fully saturated rings. The predicted molar refractivity (Wildman–Crippen MR) is 139 cm³/mol. The summed E-state index contributed by atoms with van der Waals surface area (Å²) in [5, 5.41) is 3.49. The molecular formula is C29H23N3O5. The number of carbonyl (C=O) groups excluding carboxylic acids is 4. The van der Waals surface area contributed by atoms with Crippen molar-refractivity contribution in [3.8, 4) is 0 Å². The molecule has 0 spiro atoms. The third-order valence-corrected chi connectivity index (χ3v) is 5.95. The zero-order valence-electron chi connectivity index (χ0n) is 20.4. The van der Waals surface area contributed by atoms with Gasteiger partial charge in [0.1, 0.15) is 0 Å². The second kappa shape index (κ2) is 9.31. The summed E-state index contributed by atoms with van der Waals surface area (Å²) in [4.78, 5) is 56.6. The number of carbonyl (C=O) groups is 4. The summed E-state index contributed by atoms with van der Waals surface area (Å²) < 4.78 is 5.29. The summed E-state index contributed by atoms with van der Waals surface area (Å²) in [6.07, 6.45) is -0.262. The average Bonchev–Trinajstić information content (AvgIpc) is 3.13. The van der Waals surface area contributed by atoms with Gasteiger partial charge in [-0.25, -0.2) is 9.69 Å². The number of nitrogens with zero attached hydrogens (tertiary/aromatic N) is 2. The molecule has 184 valence electrons. The van der Waals surface area contributed by atoms with Crippen molar-refractivity contribution < 1.29 is 23.9 Å². The Bertz CT molecular complexity index is 1560. The lowest BCUT2D eigenvalue weighted by Crippen LogP contribution is -2.29. The minimum Gasteiger partial charge on any atom is -0.459 e. The Balaban J connectivity index is 1.40. The lowest BCUT2D eigenvalue weighted by Gasteiger charge is -2.15. The maximum atomic E-state index is 13.1. The Kier molecular flexibility index (Phi) is 6.01. The summed E-state index contributed by atoms with van der Waals surface area (Å²) in [5.74, 6) is -1.65. The predicted octanol–water partition coefficient (Wildman–Crippen LogP) is 5.16. The van der Waals surface area contributed by atoms with Crippen molar-refractivity contribution in [3.63, 3.8) is 0 Å². The van der Waals surface area contributed by atoms with E-state index in [-0.39, 0.29) is 6.10 Å². The van der Waals surface area contributed by atoms with Crippen LogP contribution in [-0.2, 0) is 4.74 Å². The number of amides is 3. The number of hydrogen-bond donors (Lipinski definition) is 1. The highest BCUT2D eigenvalue weighted by atomic mass is 16.5. The van der Waals surface area contributed by atoms with Gasteiger partial charge in [0.15, 0.2) is 0 Å². The van der Waals surface area contributed by atoms with E-state index in [2.05, 4.69) is 10.3 Å². The molecule has 1 aliphatic rings. The number of nitrogens with one attached hydrogen (secondary N) is 1. The maximum Gasteiger partial charge on any atom is 0.338 e. The number of rotatable bonds is 5. The van der Waals surface area contributed by atoms with E-state index >= 15 is 0 Å². The van der Waals surface area contributed by atoms with Crippen LogP contribution in [0.4, 0.5) is 11.4 Å². The number of aromatic nitrogens is 1. The lowest BCUT2D eigenvalue weighted by molar-refractivity contribution is 0.0377. The molecule has 0 atom stereocenters. The van der Waals surface area contributed by atoms with Gasteiger partial charge in [0, 0.05) is 16.6 Å². The van der Waals surface area contributed by atoms with Gasteiger partial charge in [-0.05, 0) is 81.4 Å².